The number of hydrogen-bond donors (Lipinski definition) is 2. The van der Waals surface area contributed by atoms with Crippen LogP contribution in [0.5, 0.6) is 0 Å². The lowest BCUT2D eigenvalue weighted by atomic mass is 10.1. The normalized spacial score (nSPS) is 10.7. The van der Waals surface area contributed by atoms with Gasteiger partial charge in [-0.05, 0) is 11.6 Å². The number of nitro groups is 1. The van der Waals surface area contributed by atoms with Gasteiger partial charge >= 0.3 is 0 Å². The summed E-state index contributed by atoms with van der Waals surface area (Å²) >= 11 is 0. The van der Waals surface area contributed by atoms with Crippen molar-refractivity contribution in [2.45, 2.75) is 6.92 Å². The van der Waals surface area contributed by atoms with Crippen LogP contribution in [0.25, 0.3) is 6.08 Å². The first-order chi connectivity index (χ1) is 8.93. The number of benzene rings is 1. The van der Waals surface area contributed by atoms with Gasteiger partial charge in [0.2, 0.25) is 5.91 Å². The third-order valence-electron chi connectivity index (χ3n) is 2.17. The summed E-state index contributed by atoms with van der Waals surface area (Å²) in [5.41, 5.74) is 0.380. The molecule has 2 N–H and O–H groups in total. The molecule has 0 spiro atoms. The number of nitrogens with one attached hydrogen (secondary N) is 2. The summed E-state index contributed by atoms with van der Waals surface area (Å²) in [5, 5.41) is 15.4. The van der Waals surface area contributed by atoms with Crippen LogP contribution in [0, 0.1) is 10.1 Å². The van der Waals surface area contributed by atoms with Gasteiger partial charge in [-0.2, -0.15) is 0 Å². The Balaban J connectivity index is 3.13. The Morgan fingerprint density at radius 1 is 1.37 bits per heavy atom. The summed E-state index contributed by atoms with van der Waals surface area (Å²) in [6, 6.07) is 5.75. The molecule has 19 heavy (non-hydrogen) atoms. The molecule has 7 nitrogen and oxygen atoms in total. The Kier molecular flexibility index (Phi) is 4.76. The highest BCUT2D eigenvalue weighted by atomic mass is 16.6. The van der Waals surface area contributed by atoms with Crippen molar-refractivity contribution in [1.29, 1.82) is 0 Å². The lowest BCUT2D eigenvalue weighted by molar-refractivity contribution is -0.384. The minimum atomic E-state index is -0.532. The van der Waals surface area contributed by atoms with Crippen LogP contribution < -0.4 is 10.6 Å². The molecule has 0 aliphatic carbocycles. The number of amides is 2. The summed E-state index contributed by atoms with van der Waals surface area (Å²) in [5.74, 6) is -0.887. The Bertz CT molecular complexity index is 552. The number of non-ortho nitro benzene ring substituents is 1. The molecule has 1 aromatic rings. The molecule has 2 amide bonds. The molecule has 1 rings (SSSR count). The first kappa shape index (κ1) is 14.4. The minimum Gasteiger partial charge on any atom is -0.354 e. The van der Waals surface area contributed by atoms with E-state index in [0.717, 1.165) is 0 Å². The average molecular weight is 263 g/mol. The van der Waals surface area contributed by atoms with Crippen LogP contribution >= 0.6 is 0 Å². The summed E-state index contributed by atoms with van der Waals surface area (Å²) in [7, 11) is 1.42. The van der Waals surface area contributed by atoms with Crippen molar-refractivity contribution in [3.05, 3.63) is 45.6 Å². The molecule has 0 aliphatic heterocycles. The number of likely N-dealkylation sites (N-methyl/N-ethyl adjacent to an activating group) is 1. The third-order valence-corrected chi connectivity index (χ3v) is 2.17. The predicted octanol–water partition coefficient (Wildman–Crippen LogP) is 0.818. The van der Waals surface area contributed by atoms with E-state index in [-0.39, 0.29) is 11.4 Å². The fourth-order valence-corrected chi connectivity index (χ4v) is 1.38. The Morgan fingerprint density at radius 3 is 2.58 bits per heavy atom. The smallest absolute Gasteiger partial charge is 0.270 e. The first-order valence-electron chi connectivity index (χ1n) is 5.40. The van der Waals surface area contributed by atoms with Gasteiger partial charge < -0.3 is 10.6 Å². The van der Waals surface area contributed by atoms with Crippen LogP contribution in [0.1, 0.15) is 12.5 Å². The maximum absolute atomic E-state index is 11.5. The lowest BCUT2D eigenvalue weighted by Crippen LogP contribution is -2.31. The molecule has 100 valence electrons. The number of nitrogens with zero attached hydrogens (tertiary/aromatic N) is 1. The monoisotopic (exact) mass is 263 g/mol. The van der Waals surface area contributed by atoms with Crippen LogP contribution in [-0.4, -0.2) is 23.8 Å². The van der Waals surface area contributed by atoms with Gasteiger partial charge in [-0.15, -0.1) is 0 Å². The van der Waals surface area contributed by atoms with Crippen molar-refractivity contribution in [3.63, 3.8) is 0 Å². The van der Waals surface area contributed by atoms with Crippen LogP contribution in [0.15, 0.2) is 30.0 Å². The molecule has 0 radical (unpaired) electrons. The zero-order valence-electron chi connectivity index (χ0n) is 10.5. The molecule has 0 saturated carbocycles. The topological polar surface area (TPSA) is 101 Å². The molecule has 0 unspecified atom stereocenters. The average Bonchev–Trinajstić information content (AvgIpc) is 2.36. The predicted molar refractivity (Wildman–Crippen MR) is 69.0 cm³/mol. The van der Waals surface area contributed by atoms with E-state index in [1.807, 2.05) is 0 Å². The summed E-state index contributed by atoms with van der Waals surface area (Å²) < 4.78 is 0. The first-order valence-corrected chi connectivity index (χ1v) is 5.40. The van der Waals surface area contributed by atoms with Crippen LogP contribution in [0.2, 0.25) is 0 Å². The number of hydrogen-bond acceptors (Lipinski definition) is 4. The molecule has 0 aromatic heterocycles. The fraction of sp³-hybridized carbons (Fsp3) is 0.167. The van der Waals surface area contributed by atoms with E-state index in [1.54, 1.807) is 6.07 Å². The van der Waals surface area contributed by atoms with E-state index in [9.17, 15) is 19.7 Å². The van der Waals surface area contributed by atoms with Gasteiger partial charge in [0.25, 0.3) is 11.6 Å². The van der Waals surface area contributed by atoms with Crippen molar-refractivity contribution < 1.29 is 14.5 Å². The second-order valence-corrected chi connectivity index (χ2v) is 3.67. The highest BCUT2D eigenvalue weighted by molar-refractivity contribution is 6.00. The molecule has 1 aromatic carbocycles. The molecular formula is C12H13N3O4. The second-order valence-electron chi connectivity index (χ2n) is 3.67. The highest BCUT2D eigenvalue weighted by Crippen LogP contribution is 2.15. The summed E-state index contributed by atoms with van der Waals surface area (Å²) in [6.07, 6.45) is 1.37. The molecule has 7 heteroatoms. The molecule has 0 heterocycles. The van der Waals surface area contributed by atoms with E-state index in [2.05, 4.69) is 10.6 Å². The maximum atomic E-state index is 11.5. The highest BCUT2D eigenvalue weighted by Gasteiger charge is 2.10. The van der Waals surface area contributed by atoms with Gasteiger partial charge in [-0.1, -0.05) is 12.1 Å². The number of rotatable bonds is 4. The van der Waals surface area contributed by atoms with Gasteiger partial charge in [0, 0.05) is 26.1 Å². The molecule has 0 atom stereocenters. The molecule has 0 aliphatic rings. The molecular weight excluding hydrogens is 250 g/mol. The van der Waals surface area contributed by atoms with Crippen molar-refractivity contribution in [1.82, 2.24) is 10.6 Å². The summed E-state index contributed by atoms with van der Waals surface area (Å²) in [4.78, 5) is 32.7. The summed E-state index contributed by atoms with van der Waals surface area (Å²) in [6.45, 7) is 1.27. The van der Waals surface area contributed by atoms with Crippen molar-refractivity contribution in [2.24, 2.45) is 0 Å². The lowest BCUT2D eigenvalue weighted by Gasteiger charge is -2.06. The largest absolute Gasteiger partial charge is 0.354 e. The van der Waals surface area contributed by atoms with Crippen molar-refractivity contribution >= 4 is 23.6 Å². The zero-order valence-corrected chi connectivity index (χ0v) is 10.5. The Labute approximate surface area is 109 Å². The number of carbonyl (C=O) groups is 2. The van der Waals surface area contributed by atoms with Crippen LogP contribution in [0.3, 0.4) is 0 Å². The molecule has 0 fully saturated rings. The van der Waals surface area contributed by atoms with Crippen molar-refractivity contribution in [3.8, 4) is 0 Å². The Morgan fingerprint density at radius 2 is 2.05 bits per heavy atom. The SMILES string of the molecule is CNC(=O)C(=Cc1cccc([N+](=O)[O-])c1)NC(C)=O. The Hall–Kier alpha value is -2.70. The number of nitro benzene ring substituents is 1. The minimum absolute atomic E-state index is 0.0236. The zero-order chi connectivity index (χ0) is 14.4. The third kappa shape index (κ3) is 4.23. The van der Waals surface area contributed by atoms with E-state index in [4.69, 9.17) is 0 Å². The van der Waals surface area contributed by atoms with Crippen LogP contribution in [0.4, 0.5) is 5.69 Å². The van der Waals surface area contributed by atoms with Gasteiger partial charge in [-0.25, -0.2) is 0 Å². The van der Waals surface area contributed by atoms with E-state index in [1.165, 1.54) is 38.2 Å². The number of carbonyl (C=O) groups excluding carboxylic acids is 2. The van der Waals surface area contributed by atoms with Gasteiger partial charge in [0.15, 0.2) is 0 Å². The van der Waals surface area contributed by atoms with Crippen molar-refractivity contribution in [2.75, 3.05) is 7.05 Å². The van der Waals surface area contributed by atoms with Crippen LogP contribution in [-0.2, 0) is 9.59 Å². The van der Waals surface area contributed by atoms with E-state index in [0.29, 0.717) is 5.56 Å². The van der Waals surface area contributed by atoms with E-state index >= 15 is 0 Å². The fourth-order valence-electron chi connectivity index (χ4n) is 1.38. The van der Waals surface area contributed by atoms with E-state index < -0.39 is 16.7 Å². The molecule has 0 bridgehead atoms. The van der Waals surface area contributed by atoms with Gasteiger partial charge in [0.1, 0.15) is 5.70 Å². The standard InChI is InChI=1S/C12H13N3O4/c1-8(16)14-11(12(17)13-2)7-9-4-3-5-10(6-9)15(18)19/h3-7H,1-2H3,(H,13,17)(H,14,16). The molecule has 0 saturated heterocycles. The quantitative estimate of drug-likeness (QED) is 0.477. The van der Waals surface area contributed by atoms with Gasteiger partial charge in [0.05, 0.1) is 4.92 Å². The van der Waals surface area contributed by atoms with Gasteiger partial charge in [-0.3, -0.25) is 19.7 Å². The maximum Gasteiger partial charge on any atom is 0.270 e. The second kappa shape index (κ2) is 6.29.